The molecule has 1 aromatic rings. The highest BCUT2D eigenvalue weighted by molar-refractivity contribution is 5.11. The Morgan fingerprint density at radius 2 is 2.41 bits per heavy atom. The lowest BCUT2D eigenvalue weighted by Crippen LogP contribution is -2.29. The van der Waals surface area contributed by atoms with Crippen LogP contribution in [-0.2, 0) is 6.54 Å². The van der Waals surface area contributed by atoms with Gasteiger partial charge in [-0.1, -0.05) is 0 Å². The summed E-state index contributed by atoms with van der Waals surface area (Å²) in [6.45, 7) is 3.13. The van der Waals surface area contributed by atoms with Crippen molar-refractivity contribution in [2.75, 3.05) is 6.61 Å². The molecule has 1 unspecified atom stereocenters. The number of hydrogen-bond acceptors (Lipinski definition) is 2. The van der Waals surface area contributed by atoms with E-state index in [0.29, 0.717) is 18.8 Å². The van der Waals surface area contributed by atoms with E-state index in [0.717, 1.165) is 13.0 Å². The van der Waals surface area contributed by atoms with Crippen molar-refractivity contribution in [1.82, 2.24) is 9.78 Å². The van der Waals surface area contributed by atoms with Crippen LogP contribution in [0, 0.1) is 5.92 Å². The van der Waals surface area contributed by atoms with Crippen LogP contribution in [0.4, 0.5) is 8.78 Å². The third-order valence-electron chi connectivity index (χ3n) is 3.16. The second-order valence-corrected chi connectivity index (χ2v) is 4.66. The molecular formula is C12H18F2N2O. The van der Waals surface area contributed by atoms with E-state index in [-0.39, 0.29) is 18.8 Å². The summed E-state index contributed by atoms with van der Waals surface area (Å²) in [5, 5.41) is 4.07. The molecule has 0 aromatic carbocycles. The Bertz CT molecular complexity index is 365. The molecule has 0 aliphatic heterocycles. The van der Waals surface area contributed by atoms with Gasteiger partial charge in [0.05, 0.1) is 19.0 Å². The van der Waals surface area contributed by atoms with Gasteiger partial charge in [-0.25, -0.2) is 8.78 Å². The van der Waals surface area contributed by atoms with Crippen LogP contribution in [0.2, 0.25) is 0 Å². The first-order valence-corrected chi connectivity index (χ1v) is 6.12. The summed E-state index contributed by atoms with van der Waals surface area (Å²) < 4.78 is 33.6. The van der Waals surface area contributed by atoms with Crippen LogP contribution in [0.1, 0.15) is 32.6 Å². The number of aromatic nitrogens is 2. The Hall–Kier alpha value is -1.13. The van der Waals surface area contributed by atoms with Crippen LogP contribution < -0.4 is 4.74 Å². The van der Waals surface area contributed by atoms with E-state index in [1.54, 1.807) is 17.1 Å². The Morgan fingerprint density at radius 3 is 3.06 bits per heavy atom. The third kappa shape index (κ3) is 3.41. The number of aryl methyl sites for hydroxylation is 1. The van der Waals surface area contributed by atoms with Crippen LogP contribution in [-0.4, -0.2) is 22.3 Å². The maximum Gasteiger partial charge on any atom is 0.248 e. The van der Waals surface area contributed by atoms with Crippen molar-refractivity contribution < 1.29 is 13.5 Å². The summed E-state index contributed by atoms with van der Waals surface area (Å²) in [6.07, 6.45) is 4.82. The minimum atomic E-state index is -2.50. The number of rotatable bonds is 4. The van der Waals surface area contributed by atoms with Crippen molar-refractivity contribution in [3.8, 4) is 5.75 Å². The van der Waals surface area contributed by atoms with Gasteiger partial charge in [-0.05, 0) is 25.7 Å². The summed E-state index contributed by atoms with van der Waals surface area (Å²) >= 11 is 0. The molecule has 1 aliphatic rings. The molecule has 3 nitrogen and oxygen atoms in total. The van der Waals surface area contributed by atoms with E-state index >= 15 is 0 Å². The maximum atomic E-state index is 13.2. The molecule has 0 spiro atoms. The second kappa shape index (κ2) is 5.02. The zero-order valence-electron chi connectivity index (χ0n) is 10.0. The average Bonchev–Trinajstić information content (AvgIpc) is 2.73. The molecule has 0 saturated heterocycles. The largest absolute Gasteiger partial charge is 0.490 e. The van der Waals surface area contributed by atoms with Crippen molar-refractivity contribution in [2.24, 2.45) is 5.92 Å². The smallest absolute Gasteiger partial charge is 0.248 e. The SMILES string of the molecule is CCn1cc(OCC2CCCC(F)(F)C2)cn1. The molecular weight excluding hydrogens is 226 g/mol. The molecule has 0 bridgehead atoms. The predicted octanol–water partition coefficient (Wildman–Crippen LogP) is 3.11. The van der Waals surface area contributed by atoms with E-state index in [4.69, 9.17) is 4.74 Å². The van der Waals surface area contributed by atoms with Gasteiger partial charge in [-0.15, -0.1) is 0 Å². The van der Waals surface area contributed by atoms with E-state index in [1.165, 1.54) is 0 Å². The minimum Gasteiger partial charge on any atom is -0.490 e. The van der Waals surface area contributed by atoms with Gasteiger partial charge in [-0.2, -0.15) is 5.10 Å². The summed E-state index contributed by atoms with van der Waals surface area (Å²) in [7, 11) is 0. The van der Waals surface area contributed by atoms with Crippen LogP contribution in [0.25, 0.3) is 0 Å². The summed E-state index contributed by atoms with van der Waals surface area (Å²) in [4.78, 5) is 0. The molecule has 0 N–H and O–H groups in total. The fourth-order valence-corrected chi connectivity index (χ4v) is 2.22. The van der Waals surface area contributed by atoms with Gasteiger partial charge in [-0.3, -0.25) is 4.68 Å². The molecule has 2 rings (SSSR count). The van der Waals surface area contributed by atoms with Crippen molar-refractivity contribution in [2.45, 2.75) is 45.1 Å². The van der Waals surface area contributed by atoms with E-state index in [2.05, 4.69) is 5.10 Å². The molecule has 5 heteroatoms. The summed E-state index contributed by atoms with van der Waals surface area (Å²) in [5.41, 5.74) is 0. The monoisotopic (exact) mass is 244 g/mol. The highest BCUT2D eigenvalue weighted by atomic mass is 19.3. The number of nitrogens with zero attached hydrogens (tertiary/aromatic N) is 2. The fourth-order valence-electron chi connectivity index (χ4n) is 2.22. The molecule has 1 atom stereocenters. The number of halogens is 2. The molecule has 96 valence electrons. The summed E-state index contributed by atoms with van der Waals surface area (Å²) in [6, 6.07) is 0. The highest BCUT2D eigenvalue weighted by Crippen LogP contribution is 2.36. The average molecular weight is 244 g/mol. The van der Waals surface area contributed by atoms with Crippen molar-refractivity contribution in [3.63, 3.8) is 0 Å². The lowest BCUT2D eigenvalue weighted by Gasteiger charge is -2.28. The van der Waals surface area contributed by atoms with E-state index < -0.39 is 5.92 Å². The van der Waals surface area contributed by atoms with Gasteiger partial charge in [0.25, 0.3) is 0 Å². The number of alkyl halides is 2. The van der Waals surface area contributed by atoms with E-state index in [1.807, 2.05) is 6.92 Å². The first-order valence-electron chi connectivity index (χ1n) is 6.12. The lowest BCUT2D eigenvalue weighted by atomic mass is 9.87. The van der Waals surface area contributed by atoms with Gasteiger partial charge in [0.2, 0.25) is 5.92 Å². The van der Waals surface area contributed by atoms with E-state index in [9.17, 15) is 8.78 Å². The standard InChI is InChI=1S/C12H18F2N2O/c1-2-16-8-11(7-15-16)17-9-10-4-3-5-12(13,14)6-10/h7-8,10H,2-6,9H2,1H3. The first kappa shape index (κ1) is 12.3. The molecule has 1 saturated carbocycles. The van der Waals surface area contributed by atoms with Gasteiger partial charge < -0.3 is 4.74 Å². The predicted molar refractivity (Wildman–Crippen MR) is 60.3 cm³/mol. The highest BCUT2D eigenvalue weighted by Gasteiger charge is 2.36. The van der Waals surface area contributed by atoms with Gasteiger partial charge >= 0.3 is 0 Å². The van der Waals surface area contributed by atoms with Crippen molar-refractivity contribution in [1.29, 1.82) is 0 Å². The quantitative estimate of drug-likeness (QED) is 0.813. The Kier molecular flexibility index (Phi) is 3.64. The maximum absolute atomic E-state index is 13.2. The molecule has 17 heavy (non-hydrogen) atoms. The molecule has 1 heterocycles. The van der Waals surface area contributed by atoms with Crippen LogP contribution in [0.3, 0.4) is 0 Å². The van der Waals surface area contributed by atoms with Crippen molar-refractivity contribution in [3.05, 3.63) is 12.4 Å². The van der Waals surface area contributed by atoms with Gasteiger partial charge in [0.15, 0.2) is 5.75 Å². The zero-order chi connectivity index (χ0) is 12.3. The van der Waals surface area contributed by atoms with Crippen LogP contribution >= 0.6 is 0 Å². The number of hydrogen-bond donors (Lipinski definition) is 0. The number of ether oxygens (including phenoxy) is 1. The molecule has 0 radical (unpaired) electrons. The lowest BCUT2D eigenvalue weighted by molar-refractivity contribution is -0.0585. The Morgan fingerprint density at radius 1 is 1.59 bits per heavy atom. The van der Waals surface area contributed by atoms with Crippen LogP contribution in [0.15, 0.2) is 12.4 Å². The third-order valence-corrected chi connectivity index (χ3v) is 3.16. The summed E-state index contributed by atoms with van der Waals surface area (Å²) in [5.74, 6) is -1.87. The second-order valence-electron chi connectivity index (χ2n) is 4.66. The Labute approximate surface area is 99.8 Å². The van der Waals surface area contributed by atoms with Gasteiger partial charge in [0.1, 0.15) is 0 Å². The molecule has 1 aliphatic carbocycles. The molecule has 1 fully saturated rings. The van der Waals surface area contributed by atoms with Crippen molar-refractivity contribution >= 4 is 0 Å². The minimum absolute atomic E-state index is 0.0251. The fraction of sp³-hybridized carbons (Fsp3) is 0.750. The zero-order valence-corrected chi connectivity index (χ0v) is 10.0. The molecule has 0 amide bonds. The topological polar surface area (TPSA) is 27.1 Å². The van der Waals surface area contributed by atoms with Crippen LogP contribution in [0.5, 0.6) is 5.75 Å². The first-order chi connectivity index (χ1) is 8.09. The van der Waals surface area contributed by atoms with Gasteiger partial charge in [0, 0.05) is 19.4 Å². The normalized spacial score (nSPS) is 23.6. The Balaban J connectivity index is 1.81. The molecule has 1 aromatic heterocycles.